The summed E-state index contributed by atoms with van der Waals surface area (Å²) in [5.41, 5.74) is 0.912. The maximum absolute atomic E-state index is 13.0. The van der Waals surface area contributed by atoms with Crippen LogP contribution in [0.1, 0.15) is 5.56 Å². The van der Waals surface area contributed by atoms with Gasteiger partial charge in [0.1, 0.15) is 0 Å². The van der Waals surface area contributed by atoms with Crippen LogP contribution in [0.4, 0.5) is 4.39 Å². The van der Waals surface area contributed by atoms with Crippen LogP contribution in [0.3, 0.4) is 0 Å². The molecule has 0 fully saturated rings. The minimum Gasteiger partial charge on any atom is -0.198 e. The van der Waals surface area contributed by atoms with Gasteiger partial charge in [0.15, 0.2) is 5.13 Å². The molecule has 0 bridgehead atoms. The second kappa shape index (κ2) is 3.83. The van der Waals surface area contributed by atoms with E-state index in [0.29, 0.717) is 6.42 Å². The summed E-state index contributed by atoms with van der Waals surface area (Å²) in [6.07, 6.45) is 0.337. The quantitative estimate of drug-likeness (QED) is 0.736. The van der Waals surface area contributed by atoms with E-state index in [1.807, 2.05) is 12.1 Å². The van der Waals surface area contributed by atoms with E-state index in [0.717, 1.165) is 30.6 Å². The topological polar surface area (TPSA) is 23.8 Å². The third-order valence-electron chi connectivity index (χ3n) is 1.93. The first-order valence-electron chi connectivity index (χ1n) is 3.95. The fourth-order valence-electron chi connectivity index (χ4n) is 1.37. The van der Waals surface area contributed by atoms with Gasteiger partial charge in [-0.25, -0.2) is 0 Å². The van der Waals surface area contributed by atoms with Crippen molar-refractivity contribution < 1.29 is 4.39 Å². The maximum Gasteiger partial charge on any atom is 0.177 e. The molecule has 4 heteroatoms. The van der Waals surface area contributed by atoms with Gasteiger partial charge in [0.2, 0.25) is 0 Å². The van der Waals surface area contributed by atoms with E-state index in [-0.39, 0.29) is 5.13 Å². The van der Waals surface area contributed by atoms with E-state index in [1.165, 1.54) is 6.07 Å². The van der Waals surface area contributed by atoms with E-state index >= 15 is 0 Å². The predicted octanol–water partition coefficient (Wildman–Crippen LogP) is 3.71. The molecule has 0 saturated carbocycles. The molecule has 0 aliphatic carbocycles. The molecule has 1 heterocycles. The molecule has 2 rings (SSSR count). The van der Waals surface area contributed by atoms with Gasteiger partial charge in [0.25, 0.3) is 0 Å². The van der Waals surface area contributed by atoms with Crippen molar-refractivity contribution in [2.75, 3.05) is 0 Å². The molecule has 0 radical (unpaired) electrons. The largest absolute Gasteiger partial charge is 0.198 e. The van der Waals surface area contributed by atoms with Gasteiger partial charge in [0, 0.05) is 8.27 Å². The molecule has 70 valence electrons. The second-order valence-electron chi connectivity index (χ2n) is 2.86. The zero-order valence-electron chi connectivity index (χ0n) is 7.05. The number of nitriles is 1. The lowest BCUT2D eigenvalue weighted by Crippen LogP contribution is -1.83. The summed E-state index contributed by atoms with van der Waals surface area (Å²) in [6.45, 7) is 0. The summed E-state index contributed by atoms with van der Waals surface area (Å²) < 4.78 is 15.0. The van der Waals surface area contributed by atoms with Crippen LogP contribution in [0, 0.1) is 20.0 Å². The standard InChI is InChI=1S/C10H5FINS/c11-10-5-8-6(1-2-13)3-7(12)4-9(8)14-10/h3-5H,1H2. The Balaban J connectivity index is 2.74. The van der Waals surface area contributed by atoms with E-state index in [1.54, 1.807) is 0 Å². The van der Waals surface area contributed by atoms with Crippen molar-refractivity contribution in [2.24, 2.45) is 0 Å². The van der Waals surface area contributed by atoms with Gasteiger partial charge in [-0.2, -0.15) is 9.65 Å². The molecule has 1 aromatic heterocycles. The van der Waals surface area contributed by atoms with Crippen LogP contribution in [0.15, 0.2) is 18.2 Å². The highest BCUT2D eigenvalue weighted by molar-refractivity contribution is 14.1. The number of nitrogens with zero attached hydrogens (tertiary/aromatic N) is 1. The van der Waals surface area contributed by atoms with Gasteiger partial charge < -0.3 is 0 Å². The van der Waals surface area contributed by atoms with Crippen LogP contribution in [-0.2, 0) is 6.42 Å². The van der Waals surface area contributed by atoms with Gasteiger partial charge >= 0.3 is 0 Å². The zero-order valence-corrected chi connectivity index (χ0v) is 10.0. The van der Waals surface area contributed by atoms with Crippen LogP contribution in [0.2, 0.25) is 0 Å². The third kappa shape index (κ3) is 1.74. The lowest BCUT2D eigenvalue weighted by Gasteiger charge is -1.98. The molecule has 0 unspecified atom stereocenters. The lowest BCUT2D eigenvalue weighted by molar-refractivity contribution is 0.658. The molecule has 0 amide bonds. The normalized spacial score (nSPS) is 10.4. The molecular weight excluding hydrogens is 312 g/mol. The van der Waals surface area contributed by atoms with Crippen LogP contribution in [-0.4, -0.2) is 0 Å². The number of hydrogen-bond donors (Lipinski definition) is 0. The van der Waals surface area contributed by atoms with E-state index < -0.39 is 0 Å². The highest BCUT2D eigenvalue weighted by Crippen LogP contribution is 2.29. The zero-order chi connectivity index (χ0) is 10.1. The SMILES string of the molecule is N#CCc1cc(I)cc2sc(F)cc12. The predicted molar refractivity (Wildman–Crippen MR) is 63.8 cm³/mol. The Bertz CT molecular complexity index is 527. The summed E-state index contributed by atoms with van der Waals surface area (Å²) in [5.74, 6) is 0. The minimum absolute atomic E-state index is 0.193. The maximum atomic E-state index is 13.0. The number of rotatable bonds is 1. The van der Waals surface area contributed by atoms with Gasteiger partial charge in [0.05, 0.1) is 12.5 Å². The summed E-state index contributed by atoms with van der Waals surface area (Å²) in [7, 11) is 0. The van der Waals surface area contributed by atoms with Crippen LogP contribution >= 0.6 is 33.9 Å². The minimum atomic E-state index is -0.193. The molecule has 0 aliphatic rings. The van der Waals surface area contributed by atoms with Crippen molar-refractivity contribution in [3.8, 4) is 6.07 Å². The molecule has 1 aromatic carbocycles. The van der Waals surface area contributed by atoms with Crippen LogP contribution < -0.4 is 0 Å². The van der Waals surface area contributed by atoms with Crippen LogP contribution in [0.5, 0.6) is 0 Å². The molecule has 0 N–H and O–H groups in total. The van der Waals surface area contributed by atoms with Crippen molar-refractivity contribution in [3.63, 3.8) is 0 Å². The Labute approximate surface area is 98.3 Å². The average molecular weight is 317 g/mol. The summed E-state index contributed by atoms with van der Waals surface area (Å²) >= 11 is 3.30. The first kappa shape index (κ1) is 9.87. The Hall–Kier alpha value is -0.670. The Morgan fingerprint density at radius 3 is 2.93 bits per heavy atom. The Kier molecular flexibility index (Phi) is 2.70. The van der Waals surface area contributed by atoms with Crippen LogP contribution in [0.25, 0.3) is 10.1 Å². The molecule has 1 nitrogen and oxygen atoms in total. The van der Waals surface area contributed by atoms with Crippen molar-refractivity contribution in [3.05, 3.63) is 32.5 Å². The average Bonchev–Trinajstić information content (AvgIpc) is 2.45. The van der Waals surface area contributed by atoms with Gasteiger partial charge in [-0.05, 0) is 51.7 Å². The summed E-state index contributed by atoms with van der Waals surface area (Å²) in [6, 6.07) is 7.46. The van der Waals surface area contributed by atoms with Gasteiger partial charge in [-0.15, -0.1) is 11.3 Å². The van der Waals surface area contributed by atoms with Crippen molar-refractivity contribution in [2.45, 2.75) is 6.42 Å². The van der Waals surface area contributed by atoms with E-state index in [4.69, 9.17) is 5.26 Å². The molecule has 0 atom stereocenters. The van der Waals surface area contributed by atoms with Gasteiger partial charge in [-0.1, -0.05) is 0 Å². The van der Waals surface area contributed by atoms with Crippen molar-refractivity contribution in [1.29, 1.82) is 5.26 Å². The Morgan fingerprint density at radius 2 is 2.21 bits per heavy atom. The first-order valence-corrected chi connectivity index (χ1v) is 5.84. The highest BCUT2D eigenvalue weighted by Gasteiger charge is 2.07. The molecule has 0 spiro atoms. The smallest absolute Gasteiger partial charge is 0.177 e. The fourth-order valence-corrected chi connectivity index (χ4v) is 3.15. The fraction of sp³-hybridized carbons (Fsp3) is 0.100. The summed E-state index contributed by atoms with van der Waals surface area (Å²) in [4.78, 5) is 0. The van der Waals surface area contributed by atoms with E-state index in [2.05, 4.69) is 28.7 Å². The molecule has 2 aromatic rings. The number of benzene rings is 1. The third-order valence-corrected chi connectivity index (χ3v) is 3.42. The molecule has 0 aliphatic heterocycles. The first-order chi connectivity index (χ1) is 6.70. The monoisotopic (exact) mass is 317 g/mol. The van der Waals surface area contributed by atoms with Gasteiger partial charge in [-0.3, -0.25) is 0 Å². The lowest BCUT2D eigenvalue weighted by atomic mass is 10.1. The highest BCUT2D eigenvalue weighted by atomic mass is 127. The van der Waals surface area contributed by atoms with E-state index in [9.17, 15) is 4.39 Å². The summed E-state index contributed by atoms with van der Waals surface area (Å²) in [5, 5.41) is 9.31. The number of halogens is 2. The number of thiophene rings is 1. The Morgan fingerprint density at radius 1 is 1.43 bits per heavy atom. The number of hydrogen-bond acceptors (Lipinski definition) is 2. The molecular formula is C10H5FINS. The molecule has 0 saturated heterocycles. The number of fused-ring (bicyclic) bond motifs is 1. The second-order valence-corrected chi connectivity index (χ2v) is 5.14. The molecule has 14 heavy (non-hydrogen) atoms. The van der Waals surface area contributed by atoms with Crippen molar-refractivity contribution >= 4 is 44.0 Å². The van der Waals surface area contributed by atoms with Crippen molar-refractivity contribution in [1.82, 2.24) is 0 Å².